The molecular weight excluding hydrogens is 332 g/mol. The zero-order valence-corrected chi connectivity index (χ0v) is 17.1. The highest BCUT2D eigenvalue weighted by Gasteiger charge is 2.62. The van der Waals surface area contributed by atoms with E-state index < -0.39 is 28.4 Å². The summed E-state index contributed by atoms with van der Waals surface area (Å²) in [5.41, 5.74) is -2.07. The van der Waals surface area contributed by atoms with Gasteiger partial charge >= 0.3 is 12.1 Å². The lowest BCUT2D eigenvalue weighted by atomic mass is 9.52. The van der Waals surface area contributed by atoms with Crippen LogP contribution >= 0.6 is 0 Å². The standard InChI is InChI=1S/C21H34O5/c1-7-19(5,6)16(22)24-20-9-14-8-15(10-20)12-21(11-14,13-20)26-17(23)25-18(2,3)4/h14-15H,7-13H2,1-6H3. The molecule has 0 amide bonds. The van der Waals surface area contributed by atoms with Crippen molar-refractivity contribution in [3.05, 3.63) is 0 Å². The Bertz CT molecular complexity index is 572. The first-order valence-electron chi connectivity index (χ1n) is 10.0. The number of carbonyl (C=O) groups is 2. The van der Waals surface area contributed by atoms with Crippen LogP contribution in [0.3, 0.4) is 0 Å². The molecule has 0 saturated heterocycles. The maximum absolute atomic E-state index is 12.7. The van der Waals surface area contributed by atoms with Crippen LogP contribution in [0.15, 0.2) is 0 Å². The van der Waals surface area contributed by atoms with Crippen LogP contribution in [0, 0.1) is 17.3 Å². The summed E-state index contributed by atoms with van der Waals surface area (Å²) >= 11 is 0. The van der Waals surface area contributed by atoms with Crippen molar-refractivity contribution in [3.63, 3.8) is 0 Å². The Balaban J connectivity index is 1.76. The third-order valence-corrected chi connectivity index (χ3v) is 6.39. The molecule has 148 valence electrons. The number of hydrogen-bond acceptors (Lipinski definition) is 5. The molecule has 4 aliphatic rings. The van der Waals surface area contributed by atoms with Crippen molar-refractivity contribution in [2.45, 2.75) is 103 Å². The van der Waals surface area contributed by atoms with Crippen molar-refractivity contribution in [2.24, 2.45) is 17.3 Å². The van der Waals surface area contributed by atoms with E-state index in [1.54, 1.807) is 0 Å². The normalized spacial score (nSPS) is 35.9. The quantitative estimate of drug-likeness (QED) is 0.655. The monoisotopic (exact) mass is 366 g/mol. The third-order valence-electron chi connectivity index (χ3n) is 6.39. The van der Waals surface area contributed by atoms with Gasteiger partial charge in [-0.1, -0.05) is 6.92 Å². The highest BCUT2D eigenvalue weighted by atomic mass is 16.7. The van der Waals surface area contributed by atoms with E-state index in [2.05, 4.69) is 0 Å². The average molecular weight is 366 g/mol. The number of esters is 1. The molecule has 0 radical (unpaired) electrons. The van der Waals surface area contributed by atoms with Gasteiger partial charge in [0.2, 0.25) is 0 Å². The lowest BCUT2D eigenvalue weighted by molar-refractivity contribution is -0.229. The van der Waals surface area contributed by atoms with Crippen LogP contribution in [0.4, 0.5) is 4.79 Å². The van der Waals surface area contributed by atoms with Crippen molar-refractivity contribution in [1.82, 2.24) is 0 Å². The van der Waals surface area contributed by atoms with Crippen LogP contribution < -0.4 is 0 Å². The van der Waals surface area contributed by atoms with Gasteiger partial charge in [0.05, 0.1) is 5.41 Å². The van der Waals surface area contributed by atoms with Gasteiger partial charge in [-0.2, -0.15) is 0 Å². The van der Waals surface area contributed by atoms with Crippen molar-refractivity contribution in [2.75, 3.05) is 0 Å². The van der Waals surface area contributed by atoms with Crippen LogP contribution in [0.1, 0.15) is 86.5 Å². The Kier molecular flexibility index (Phi) is 4.60. The fourth-order valence-corrected chi connectivity index (χ4v) is 5.26. The van der Waals surface area contributed by atoms with E-state index in [9.17, 15) is 9.59 Å². The van der Waals surface area contributed by atoms with Crippen LogP contribution in [0.25, 0.3) is 0 Å². The Morgan fingerprint density at radius 3 is 1.88 bits per heavy atom. The van der Waals surface area contributed by atoms with E-state index in [0.29, 0.717) is 18.3 Å². The summed E-state index contributed by atoms with van der Waals surface area (Å²) in [5.74, 6) is 0.779. The van der Waals surface area contributed by atoms with E-state index >= 15 is 0 Å². The van der Waals surface area contributed by atoms with E-state index in [1.807, 2.05) is 41.5 Å². The van der Waals surface area contributed by atoms with E-state index in [0.717, 1.165) is 38.5 Å². The van der Waals surface area contributed by atoms with Crippen molar-refractivity contribution >= 4 is 12.1 Å². The van der Waals surface area contributed by atoms with Gasteiger partial charge in [-0.25, -0.2) is 4.79 Å². The van der Waals surface area contributed by atoms with Gasteiger partial charge in [-0.15, -0.1) is 0 Å². The second-order valence-electron chi connectivity index (χ2n) is 10.5. The first-order chi connectivity index (χ1) is 11.9. The molecule has 2 atom stereocenters. The second kappa shape index (κ2) is 6.13. The second-order valence-corrected chi connectivity index (χ2v) is 10.5. The van der Waals surface area contributed by atoms with Gasteiger partial charge in [0.1, 0.15) is 16.8 Å². The van der Waals surface area contributed by atoms with Crippen molar-refractivity contribution < 1.29 is 23.8 Å². The van der Waals surface area contributed by atoms with E-state index in [1.165, 1.54) is 0 Å². The Labute approximate surface area is 157 Å². The molecule has 0 spiro atoms. The molecule has 5 nitrogen and oxygen atoms in total. The smallest absolute Gasteiger partial charge is 0.458 e. The first kappa shape index (κ1) is 19.5. The van der Waals surface area contributed by atoms with Gasteiger partial charge in [-0.3, -0.25) is 4.79 Å². The SMILES string of the molecule is CCC(C)(C)C(=O)OC12CC3CC(CC(OC(=O)OC(C)(C)C)(C3)C1)C2. The number of carbonyl (C=O) groups excluding carboxylic acids is 2. The molecule has 4 aliphatic carbocycles. The summed E-state index contributed by atoms with van der Waals surface area (Å²) in [6, 6.07) is 0. The largest absolute Gasteiger partial charge is 0.509 e. The van der Waals surface area contributed by atoms with E-state index in [4.69, 9.17) is 14.2 Å². The molecule has 4 rings (SSSR count). The van der Waals surface area contributed by atoms with Crippen LogP contribution in [0.2, 0.25) is 0 Å². The summed E-state index contributed by atoms with van der Waals surface area (Å²) < 4.78 is 17.4. The average Bonchev–Trinajstić information content (AvgIpc) is 2.42. The van der Waals surface area contributed by atoms with Crippen molar-refractivity contribution in [3.8, 4) is 0 Å². The van der Waals surface area contributed by atoms with Gasteiger partial charge in [0, 0.05) is 6.42 Å². The highest BCUT2D eigenvalue weighted by Crippen LogP contribution is 2.60. The van der Waals surface area contributed by atoms with Gasteiger partial charge in [0.15, 0.2) is 0 Å². The fourth-order valence-electron chi connectivity index (χ4n) is 5.26. The molecule has 2 unspecified atom stereocenters. The molecule has 4 saturated carbocycles. The molecule has 0 N–H and O–H groups in total. The molecule has 0 heterocycles. The number of ether oxygens (including phenoxy) is 3. The highest BCUT2D eigenvalue weighted by molar-refractivity contribution is 5.76. The Morgan fingerprint density at radius 2 is 1.42 bits per heavy atom. The Hall–Kier alpha value is -1.26. The van der Waals surface area contributed by atoms with E-state index in [-0.39, 0.29) is 5.97 Å². The first-order valence-corrected chi connectivity index (χ1v) is 10.0. The summed E-state index contributed by atoms with van der Waals surface area (Å²) in [7, 11) is 0. The summed E-state index contributed by atoms with van der Waals surface area (Å²) in [6.07, 6.45) is 5.42. The molecule has 0 aromatic rings. The zero-order valence-electron chi connectivity index (χ0n) is 17.1. The number of rotatable bonds is 4. The maximum Gasteiger partial charge on any atom is 0.509 e. The maximum atomic E-state index is 12.7. The predicted octanol–water partition coefficient (Wildman–Crippen LogP) is 5.01. The summed E-state index contributed by atoms with van der Waals surface area (Å²) in [6.45, 7) is 11.4. The molecule has 0 aromatic carbocycles. The van der Waals surface area contributed by atoms with Gasteiger partial charge in [-0.05, 0) is 85.0 Å². The Morgan fingerprint density at radius 1 is 0.923 bits per heavy atom. The summed E-state index contributed by atoms with van der Waals surface area (Å²) in [4.78, 5) is 25.1. The third kappa shape index (κ3) is 3.86. The fraction of sp³-hybridized carbons (Fsp3) is 0.905. The zero-order chi connectivity index (χ0) is 19.4. The predicted molar refractivity (Wildman–Crippen MR) is 97.6 cm³/mol. The topological polar surface area (TPSA) is 61.8 Å². The lowest BCUT2D eigenvalue weighted by Crippen LogP contribution is -2.62. The molecule has 26 heavy (non-hydrogen) atoms. The minimum Gasteiger partial charge on any atom is -0.458 e. The molecular formula is C21H34O5. The van der Waals surface area contributed by atoms with Crippen LogP contribution in [0.5, 0.6) is 0 Å². The lowest BCUT2D eigenvalue weighted by Gasteiger charge is -2.60. The molecule has 5 heteroatoms. The minimum absolute atomic E-state index is 0.130. The molecule has 4 fully saturated rings. The molecule has 0 aliphatic heterocycles. The molecule has 4 bridgehead atoms. The molecule has 0 aromatic heterocycles. The number of hydrogen-bond donors (Lipinski definition) is 0. The van der Waals surface area contributed by atoms with Gasteiger partial charge < -0.3 is 14.2 Å². The van der Waals surface area contributed by atoms with Crippen LogP contribution in [-0.4, -0.2) is 28.9 Å². The van der Waals surface area contributed by atoms with Crippen molar-refractivity contribution in [1.29, 1.82) is 0 Å². The van der Waals surface area contributed by atoms with Crippen LogP contribution in [-0.2, 0) is 19.0 Å². The minimum atomic E-state index is -0.602. The van der Waals surface area contributed by atoms with Gasteiger partial charge in [0.25, 0.3) is 0 Å². The summed E-state index contributed by atoms with van der Waals surface area (Å²) in [5, 5.41) is 0.